The molecule has 0 bridgehead atoms. The molecule has 0 saturated carbocycles. The van der Waals surface area contributed by atoms with Crippen LogP contribution in [-0.4, -0.2) is 18.1 Å². The third-order valence-electron chi connectivity index (χ3n) is 3.13. The summed E-state index contributed by atoms with van der Waals surface area (Å²) in [6, 6.07) is 11.6. The number of hydrogen-bond donors (Lipinski definition) is 2. The minimum Gasteiger partial charge on any atom is -0.409 e. The molecule has 0 atom stereocenters. The highest BCUT2D eigenvalue weighted by Crippen LogP contribution is 2.20. The standard InChI is InChI=1S/C15H15ClFN3O/c1-20(9-11-8-12(16)4-7-14(11)17)13-5-2-10(3-6-13)15(18)19-21/h2-8,21H,9H2,1H3,(H2,18,19). The molecule has 4 nitrogen and oxygen atoms in total. The zero-order valence-corrected chi connectivity index (χ0v) is 12.2. The van der Waals surface area contributed by atoms with Gasteiger partial charge in [0.05, 0.1) is 0 Å². The molecule has 0 aliphatic rings. The van der Waals surface area contributed by atoms with E-state index in [1.54, 1.807) is 18.2 Å². The molecule has 0 radical (unpaired) electrons. The molecule has 6 heteroatoms. The molecule has 2 rings (SSSR count). The van der Waals surface area contributed by atoms with E-state index in [1.807, 2.05) is 24.1 Å². The fraction of sp³-hybridized carbons (Fsp3) is 0.133. The number of anilines is 1. The van der Waals surface area contributed by atoms with Crippen LogP contribution in [-0.2, 0) is 6.54 Å². The second kappa shape index (κ2) is 6.45. The average molecular weight is 308 g/mol. The zero-order chi connectivity index (χ0) is 15.4. The number of nitrogens with zero attached hydrogens (tertiary/aromatic N) is 2. The van der Waals surface area contributed by atoms with Crippen molar-refractivity contribution >= 4 is 23.1 Å². The van der Waals surface area contributed by atoms with Crippen molar-refractivity contribution in [3.05, 3.63) is 64.4 Å². The van der Waals surface area contributed by atoms with E-state index in [4.69, 9.17) is 22.5 Å². The average Bonchev–Trinajstić information content (AvgIpc) is 2.50. The maximum absolute atomic E-state index is 13.7. The fourth-order valence-corrected chi connectivity index (χ4v) is 2.15. The van der Waals surface area contributed by atoms with Gasteiger partial charge in [-0.05, 0) is 42.5 Å². The van der Waals surface area contributed by atoms with E-state index in [9.17, 15) is 4.39 Å². The molecular formula is C15H15ClFN3O. The van der Waals surface area contributed by atoms with Crippen molar-refractivity contribution in [1.82, 2.24) is 0 Å². The van der Waals surface area contributed by atoms with E-state index in [0.717, 1.165) is 5.69 Å². The molecule has 110 valence electrons. The Morgan fingerprint density at radius 2 is 1.95 bits per heavy atom. The minimum atomic E-state index is -0.292. The summed E-state index contributed by atoms with van der Waals surface area (Å²) in [7, 11) is 1.85. The molecule has 2 aromatic rings. The molecule has 2 aromatic carbocycles. The number of benzene rings is 2. The zero-order valence-electron chi connectivity index (χ0n) is 11.4. The number of rotatable bonds is 4. The van der Waals surface area contributed by atoms with Crippen LogP contribution in [0.1, 0.15) is 11.1 Å². The highest BCUT2D eigenvalue weighted by molar-refractivity contribution is 6.30. The lowest BCUT2D eigenvalue weighted by Crippen LogP contribution is -2.18. The molecule has 0 unspecified atom stereocenters. The maximum atomic E-state index is 13.7. The van der Waals surface area contributed by atoms with E-state index in [2.05, 4.69) is 5.16 Å². The molecule has 0 aromatic heterocycles. The Balaban J connectivity index is 2.16. The predicted octanol–water partition coefficient (Wildman–Crippen LogP) is 3.21. The van der Waals surface area contributed by atoms with Gasteiger partial charge in [0.2, 0.25) is 0 Å². The van der Waals surface area contributed by atoms with E-state index in [-0.39, 0.29) is 11.7 Å². The highest BCUT2D eigenvalue weighted by Gasteiger charge is 2.08. The van der Waals surface area contributed by atoms with Crippen molar-refractivity contribution in [2.75, 3.05) is 11.9 Å². The summed E-state index contributed by atoms with van der Waals surface area (Å²) in [6.07, 6.45) is 0. The fourth-order valence-electron chi connectivity index (χ4n) is 1.96. The van der Waals surface area contributed by atoms with E-state index >= 15 is 0 Å². The van der Waals surface area contributed by atoms with Crippen LogP contribution in [0.25, 0.3) is 0 Å². The summed E-state index contributed by atoms with van der Waals surface area (Å²) in [6.45, 7) is 0.384. The van der Waals surface area contributed by atoms with Crippen LogP contribution in [0.5, 0.6) is 0 Å². The summed E-state index contributed by atoms with van der Waals surface area (Å²) >= 11 is 5.88. The second-order valence-corrected chi connectivity index (χ2v) is 5.06. The Hall–Kier alpha value is -2.27. The summed E-state index contributed by atoms with van der Waals surface area (Å²) in [4.78, 5) is 1.88. The van der Waals surface area contributed by atoms with Crippen LogP contribution >= 0.6 is 11.6 Å². The largest absolute Gasteiger partial charge is 0.409 e. The maximum Gasteiger partial charge on any atom is 0.170 e. The summed E-state index contributed by atoms with van der Waals surface area (Å²) in [5.74, 6) is -0.246. The quantitative estimate of drug-likeness (QED) is 0.394. The lowest BCUT2D eigenvalue weighted by Gasteiger charge is -2.20. The van der Waals surface area contributed by atoms with Crippen LogP contribution in [0.4, 0.5) is 10.1 Å². The van der Waals surface area contributed by atoms with E-state index in [1.165, 1.54) is 12.1 Å². The summed E-state index contributed by atoms with van der Waals surface area (Å²) < 4.78 is 13.7. The molecule has 0 amide bonds. The van der Waals surface area contributed by atoms with Crippen molar-refractivity contribution in [3.63, 3.8) is 0 Å². The van der Waals surface area contributed by atoms with Crippen molar-refractivity contribution < 1.29 is 9.60 Å². The third kappa shape index (κ3) is 3.64. The first-order valence-corrected chi connectivity index (χ1v) is 6.62. The first-order chi connectivity index (χ1) is 10.0. The van der Waals surface area contributed by atoms with Crippen molar-refractivity contribution in [2.24, 2.45) is 10.9 Å². The number of oxime groups is 1. The normalized spacial score (nSPS) is 11.5. The van der Waals surface area contributed by atoms with Crippen molar-refractivity contribution in [3.8, 4) is 0 Å². The molecule has 3 N–H and O–H groups in total. The van der Waals surface area contributed by atoms with Crippen LogP contribution in [0.3, 0.4) is 0 Å². The molecule has 0 aliphatic carbocycles. The van der Waals surface area contributed by atoms with Crippen LogP contribution in [0.15, 0.2) is 47.6 Å². The van der Waals surface area contributed by atoms with Gasteiger partial charge in [-0.3, -0.25) is 0 Å². The molecular weight excluding hydrogens is 293 g/mol. The highest BCUT2D eigenvalue weighted by atomic mass is 35.5. The van der Waals surface area contributed by atoms with E-state index in [0.29, 0.717) is 22.7 Å². The van der Waals surface area contributed by atoms with Gasteiger partial charge in [-0.25, -0.2) is 4.39 Å². The first-order valence-electron chi connectivity index (χ1n) is 6.24. The topological polar surface area (TPSA) is 61.8 Å². The monoisotopic (exact) mass is 307 g/mol. The number of nitrogens with two attached hydrogens (primary N) is 1. The number of amidine groups is 1. The minimum absolute atomic E-state index is 0.0464. The van der Waals surface area contributed by atoms with Gasteiger partial charge in [0, 0.05) is 35.4 Å². The molecule has 0 aliphatic heterocycles. The Morgan fingerprint density at radius 1 is 1.29 bits per heavy atom. The van der Waals surface area contributed by atoms with Gasteiger partial charge < -0.3 is 15.8 Å². The van der Waals surface area contributed by atoms with Crippen LogP contribution in [0, 0.1) is 5.82 Å². The molecule has 0 saturated heterocycles. The smallest absolute Gasteiger partial charge is 0.170 e. The van der Waals surface area contributed by atoms with Gasteiger partial charge in [-0.15, -0.1) is 0 Å². The first kappa shape index (κ1) is 15.1. The van der Waals surface area contributed by atoms with Crippen LogP contribution in [0.2, 0.25) is 5.02 Å². The molecule has 0 spiro atoms. The lowest BCUT2D eigenvalue weighted by molar-refractivity contribution is 0.318. The Labute approximate surface area is 127 Å². The van der Waals surface area contributed by atoms with Gasteiger partial charge >= 0.3 is 0 Å². The van der Waals surface area contributed by atoms with Crippen molar-refractivity contribution in [2.45, 2.75) is 6.54 Å². The lowest BCUT2D eigenvalue weighted by atomic mass is 10.1. The van der Waals surface area contributed by atoms with Gasteiger partial charge in [0.15, 0.2) is 5.84 Å². The van der Waals surface area contributed by atoms with Gasteiger partial charge in [0.25, 0.3) is 0 Å². The molecule has 21 heavy (non-hydrogen) atoms. The van der Waals surface area contributed by atoms with Gasteiger partial charge in [-0.1, -0.05) is 16.8 Å². The number of halogens is 2. The Kier molecular flexibility index (Phi) is 4.65. The van der Waals surface area contributed by atoms with Gasteiger partial charge in [0.1, 0.15) is 5.82 Å². The SMILES string of the molecule is CN(Cc1cc(Cl)ccc1F)c1ccc(/C(N)=N/O)cc1. The van der Waals surface area contributed by atoms with Crippen molar-refractivity contribution in [1.29, 1.82) is 0 Å². The summed E-state index contributed by atoms with van der Waals surface area (Å²) in [5, 5.41) is 12.1. The third-order valence-corrected chi connectivity index (χ3v) is 3.36. The van der Waals surface area contributed by atoms with Gasteiger partial charge in [-0.2, -0.15) is 0 Å². The second-order valence-electron chi connectivity index (χ2n) is 4.62. The van der Waals surface area contributed by atoms with E-state index < -0.39 is 0 Å². The number of hydrogen-bond acceptors (Lipinski definition) is 3. The molecule has 0 fully saturated rings. The Morgan fingerprint density at radius 3 is 2.57 bits per heavy atom. The van der Waals surface area contributed by atoms with Crippen LogP contribution < -0.4 is 10.6 Å². The Bertz CT molecular complexity index is 658. The molecule has 0 heterocycles. The predicted molar refractivity (Wildman–Crippen MR) is 82.5 cm³/mol. The summed E-state index contributed by atoms with van der Waals surface area (Å²) in [5.41, 5.74) is 7.51.